The first-order chi connectivity index (χ1) is 13.3. The Morgan fingerprint density at radius 1 is 1.26 bits per heavy atom. The molecule has 0 spiro atoms. The van der Waals surface area contributed by atoms with E-state index in [0.29, 0.717) is 5.92 Å². The minimum Gasteiger partial charge on any atom is -0.379 e. The number of amides is 1. The Balaban J connectivity index is 1.68. The molecule has 148 valence electrons. The zero-order valence-corrected chi connectivity index (χ0v) is 16.4. The first kappa shape index (κ1) is 20.1. The summed E-state index contributed by atoms with van der Waals surface area (Å²) >= 11 is 0. The lowest BCUT2D eigenvalue weighted by Crippen LogP contribution is -2.46. The van der Waals surface area contributed by atoms with Crippen molar-refractivity contribution >= 4 is 5.91 Å². The van der Waals surface area contributed by atoms with Crippen molar-refractivity contribution in [3.63, 3.8) is 0 Å². The number of carbonyl (C=O) groups is 1. The summed E-state index contributed by atoms with van der Waals surface area (Å²) in [5.41, 5.74) is 0.921. The Labute approximate surface area is 162 Å². The normalized spacial score (nSPS) is 21.7. The standard InChI is InChI=1S/C22H32N2O3/c1-26-21(20-10-6-3-7-11-20)22(25)24(18-19-8-4-2-5-9-19)13-12-23-14-16-27-17-15-23/h2-4,6-7,10-11,19,21H,5,8-9,12-18H2,1H3/t19-,21+/m1/s1. The highest BCUT2D eigenvalue weighted by Crippen LogP contribution is 2.23. The maximum atomic E-state index is 13.4. The second kappa shape index (κ2) is 10.6. The molecular weight excluding hydrogens is 340 g/mol. The van der Waals surface area contributed by atoms with Crippen molar-refractivity contribution in [3.05, 3.63) is 48.0 Å². The Kier molecular flexibility index (Phi) is 7.87. The van der Waals surface area contributed by atoms with E-state index in [1.54, 1.807) is 7.11 Å². The number of morpholine rings is 1. The average molecular weight is 373 g/mol. The molecule has 0 N–H and O–H groups in total. The third kappa shape index (κ3) is 5.89. The molecule has 0 saturated carbocycles. The third-order valence-corrected chi connectivity index (χ3v) is 5.52. The Morgan fingerprint density at radius 3 is 2.70 bits per heavy atom. The quantitative estimate of drug-likeness (QED) is 0.658. The van der Waals surface area contributed by atoms with Gasteiger partial charge in [-0.15, -0.1) is 0 Å². The van der Waals surface area contributed by atoms with Gasteiger partial charge in [-0.1, -0.05) is 42.5 Å². The zero-order valence-electron chi connectivity index (χ0n) is 16.4. The first-order valence-electron chi connectivity index (χ1n) is 10.1. The van der Waals surface area contributed by atoms with E-state index >= 15 is 0 Å². The molecule has 0 unspecified atom stereocenters. The molecule has 1 fully saturated rings. The van der Waals surface area contributed by atoms with Gasteiger partial charge in [0, 0.05) is 39.8 Å². The van der Waals surface area contributed by atoms with E-state index in [9.17, 15) is 4.79 Å². The van der Waals surface area contributed by atoms with Crippen LogP contribution < -0.4 is 0 Å². The van der Waals surface area contributed by atoms with Gasteiger partial charge < -0.3 is 14.4 Å². The minimum atomic E-state index is -0.532. The van der Waals surface area contributed by atoms with Gasteiger partial charge in [0.15, 0.2) is 6.10 Å². The van der Waals surface area contributed by atoms with Crippen molar-refractivity contribution in [1.82, 2.24) is 9.80 Å². The van der Waals surface area contributed by atoms with Crippen molar-refractivity contribution < 1.29 is 14.3 Å². The lowest BCUT2D eigenvalue weighted by molar-refractivity contribution is -0.143. The van der Waals surface area contributed by atoms with Crippen molar-refractivity contribution in [2.24, 2.45) is 5.92 Å². The molecule has 1 aliphatic heterocycles. The van der Waals surface area contributed by atoms with E-state index in [-0.39, 0.29) is 5.91 Å². The van der Waals surface area contributed by atoms with Crippen LogP contribution >= 0.6 is 0 Å². The smallest absolute Gasteiger partial charge is 0.256 e. The number of allylic oxidation sites excluding steroid dienone is 2. The lowest BCUT2D eigenvalue weighted by atomic mass is 9.93. The highest BCUT2D eigenvalue weighted by Gasteiger charge is 2.28. The fraction of sp³-hybridized carbons (Fsp3) is 0.591. The van der Waals surface area contributed by atoms with E-state index in [2.05, 4.69) is 17.1 Å². The van der Waals surface area contributed by atoms with Crippen molar-refractivity contribution in [3.8, 4) is 0 Å². The number of ether oxygens (including phenoxy) is 2. The molecule has 1 amide bonds. The van der Waals surface area contributed by atoms with Gasteiger partial charge in [-0.05, 0) is 30.7 Å². The second-order valence-corrected chi connectivity index (χ2v) is 7.42. The molecule has 1 heterocycles. The summed E-state index contributed by atoms with van der Waals surface area (Å²) in [5, 5.41) is 0. The average Bonchev–Trinajstić information content (AvgIpc) is 2.74. The van der Waals surface area contributed by atoms with Crippen LogP contribution in [0.5, 0.6) is 0 Å². The molecule has 1 aliphatic carbocycles. The largest absolute Gasteiger partial charge is 0.379 e. The maximum Gasteiger partial charge on any atom is 0.256 e. The predicted molar refractivity (Wildman–Crippen MR) is 107 cm³/mol. The Bertz CT molecular complexity index is 599. The van der Waals surface area contributed by atoms with Crippen LogP contribution in [0.1, 0.15) is 30.9 Å². The van der Waals surface area contributed by atoms with Crippen LogP contribution in [0, 0.1) is 5.92 Å². The van der Waals surface area contributed by atoms with E-state index in [1.807, 2.05) is 35.2 Å². The summed E-state index contributed by atoms with van der Waals surface area (Å²) in [6.45, 7) is 5.90. The minimum absolute atomic E-state index is 0.0755. The van der Waals surface area contributed by atoms with Crippen LogP contribution in [0.25, 0.3) is 0 Å². The third-order valence-electron chi connectivity index (χ3n) is 5.52. The zero-order chi connectivity index (χ0) is 18.9. The van der Waals surface area contributed by atoms with Gasteiger partial charge in [0.2, 0.25) is 0 Å². The van der Waals surface area contributed by atoms with Crippen LogP contribution in [-0.4, -0.2) is 68.8 Å². The molecule has 5 nitrogen and oxygen atoms in total. The fourth-order valence-corrected chi connectivity index (χ4v) is 3.89. The monoisotopic (exact) mass is 372 g/mol. The van der Waals surface area contributed by atoms with E-state index < -0.39 is 6.10 Å². The summed E-state index contributed by atoms with van der Waals surface area (Å²) < 4.78 is 11.1. The van der Waals surface area contributed by atoms with Crippen LogP contribution in [0.3, 0.4) is 0 Å². The Hall–Kier alpha value is -1.69. The maximum absolute atomic E-state index is 13.4. The SMILES string of the molecule is CO[C@H](C(=O)N(CCN1CCOCC1)C[C@@H]1CC=CCC1)c1ccccc1. The highest BCUT2D eigenvalue weighted by atomic mass is 16.5. The number of rotatable bonds is 8. The van der Waals surface area contributed by atoms with Crippen molar-refractivity contribution in [1.29, 1.82) is 0 Å². The Morgan fingerprint density at radius 2 is 2.04 bits per heavy atom. The number of hydrogen-bond acceptors (Lipinski definition) is 4. The molecule has 3 rings (SSSR count). The fourth-order valence-electron chi connectivity index (χ4n) is 3.89. The molecular formula is C22H32N2O3. The molecule has 2 atom stereocenters. The number of carbonyl (C=O) groups excluding carboxylic acids is 1. The number of benzene rings is 1. The van der Waals surface area contributed by atoms with Crippen LogP contribution in [0.4, 0.5) is 0 Å². The molecule has 1 aromatic rings. The van der Waals surface area contributed by atoms with Crippen LogP contribution in [0.2, 0.25) is 0 Å². The molecule has 1 saturated heterocycles. The number of hydrogen-bond donors (Lipinski definition) is 0. The van der Waals surface area contributed by atoms with Crippen molar-refractivity contribution in [2.75, 3.05) is 53.0 Å². The summed E-state index contributed by atoms with van der Waals surface area (Å²) in [6, 6.07) is 9.81. The van der Waals surface area contributed by atoms with Gasteiger partial charge in [0.1, 0.15) is 0 Å². The molecule has 1 aromatic carbocycles. The van der Waals surface area contributed by atoms with Crippen LogP contribution in [-0.2, 0) is 14.3 Å². The second-order valence-electron chi connectivity index (χ2n) is 7.42. The summed E-state index contributed by atoms with van der Waals surface area (Å²) in [6.07, 6.45) is 7.30. The van der Waals surface area contributed by atoms with E-state index in [4.69, 9.17) is 9.47 Å². The molecule has 0 bridgehead atoms. The highest BCUT2D eigenvalue weighted by molar-refractivity contribution is 5.82. The first-order valence-corrected chi connectivity index (χ1v) is 10.1. The van der Waals surface area contributed by atoms with Gasteiger partial charge in [0.25, 0.3) is 5.91 Å². The van der Waals surface area contributed by atoms with E-state index in [0.717, 1.165) is 70.8 Å². The number of nitrogens with zero attached hydrogens (tertiary/aromatic N) is 2. The van der Waals surface area contributed by atoms with Gasteiger partial charge >= 0.3 is 0 Å². The van der Waals surface area contributed by atoms with Gasteiger partial charge in [0.05, 0.1) is 13.2 Å². The molecule has 0 aromatic heterocycles. The van der Waals surface area contributed by atoms with Gasteiger partial charge in [-0.25, -0.2) is 0 Å². The topological polar surface area (TPSA) is 42.0 Å². The molecule has 2 aliphatic rings. The summed E-state index contributed by atoms with van der Waals surface area (Å²) in [4.78, 5) is 17.8. The molecule has 0 radical (unpaired) electrons. The number of methoxy groups -OCH3 is 1. The van der Waals surface area contributed by atoms with Gasteiger partial charge in [-0.2, -0.15) is 0 Å². The van der Waals surface area contributed by atoms with Crippen molar-refractivity contribution in [2.45, 2.75) is 25.4 Å². The summed E-state index contributed by atoms with van der Waals surface area (Å²) in [7, 11) is 1.62. The van der Waals surface area contributed by atoms with Gasteiger partial charge in [-0.3, -0.25) is 9.69 Å². The predicted octanol–water partition coefficient (Wildman–Crippen LogP) is 2.89. The summed E-state index contributed by atoms with van der Waals surface area (Å²) in [5.74, 6) is 0.614. The lowest BCUT2D eigenvalue weighted by Gasteiger charge is -2.34. The molecule has 27 heavy (non-hydrogen) atoms. The molecule has 5 heteroatoms. The van der Waals surface area contributed by atoms with Crippen LogP contribution in [0.15, 0.2) is 42.5 Å². The van der Waals surface area contributed by atoms with E-state index in [1.165, 1.54) is 0 Å².